The summed E-state index contributed by atoms with van der Waals surface area (Å²) in [5.74, 6) is 1.14. The lowest BCUT2D eigenvalue weighted by Gasteiger charge is -2.13. The van der Waals surface area contributed by atoms with Gasteiger partial charge < -0.3 is 14.8 Å². The average molecular weight is 251 g/mol. The molecule has 1 atom stereocenters. The third kappa shape index (κ3) is 3.65. The summed E-state index contributed by atoms with van der Waals surface area (Å²) in [5.41, 5.74) is 0.579. The number of benzene rings is 1. The fourth-order valence-corrected chi connectivity index (χ4v) is 1.49. The van der Waals surface area contributed by atoms with Gasteiger partial charge in [0.15, 0.2) is 11.5 Å². The van der Waals surface area contributed by atoms with E-state index in [-0.39, 0.29) is 11.9 Å². The third-order valence-electron chi connectivity index (χ3n) is 2.72. The molecule has 1 N–H and O–H groups in total. The smallest absolute Gasteiger partial charge is 0.251 e. The molecular formula is C14H21NO3. The van der Waals surface area contributed by atoms with Gasteiger partial charge in [-0.2, -0.15) is 0 Å². The fraction of sp³-hybridized carbons (Fsp3) is 0.500. The van der Waals surface area contributed by atoms with Crippen LogP contribution in [0.15, 0.2) is 18.2 Å². The molecule has 0 radical (unpaired) electrons. The zero-order chi connectivity index (χ0) is 13.5. The number of rotatable bonds is 6. The van der Waals surface area contributed by atoms with E-state index in [9.17, 15) is 4.79 Å². The molecule has 0 saturated heterocycles. The van der Waals surface area contributed by atoms with E-state index < -0.39 is 0 Å². The van der Waals surface area contributed by atoms with Gasteiger partial charge in [0.1, 0.15) is 0 Å². The summed E-state index contributed by atoms with van der Waals surface area (Å²) < 4.78 is 10.6. The number of amides is 1. The molecule has 0 heterocycles. The second-order valence-electron chi connectivity index (χ2n) is 4.08. The minimum Gasteiger partial charge on any atom is -0.493 e. The second-order valence-corrected chi connectivity index (χ2v) is 4.08. The van der Waals surface area contributed by atoms with Gasteiger partial charge in [-0.15, -0.1) is 0 Å². The molecule has 0 bridgehead atoms. The maximum absolute atomic E-state index is 11.9. The van der Waals surface area contributed by atoms with Crippen LogP contribution in [0, 0.1) is 0 Å². The Hall–Kier alpha value is -1.71. The Kier molecular flexibility index (Phi) is 5.49. The molecular weight excluding hydrogens is 230 g/mol. The van der Waals surface area contributed by atoms with Crippen LogP contribution in [0.5, 0.6) is 11.5 Å². The standard InChI is InChI=1S/C14H21NO3/c1-5-10(3)15-14(16)11-7-8-12(18-6-2)13(9-11)17-4/h7-10H,5-6H2,1-4H3,(H,15,16). The highest BCUT2D eigenvalue weighted by atomic mass is 16.5. The first kappa shape index (κ1) is 14.4. The van der Waals surface area contributed by atoms with Crippen LogP contribution in [0.4, 0.5) is 0 Å². The van der Waals surface area contributed by atoms with Crippen LogP contribution in [0.3, 0.4) is 0 Å². The van der Waals surface area contributed by atoms with E-state index in [0.29, 0.717) is 23.7 Å². The zero-order valence-corrected chi connectivity index (χ0v) is 11.4. The summed E-state index contributed by atoms with van der Waals surface area (Å²) in [6, 6.07) is 5.36. The summed E-state index contributed by atoms with van der Waals surface area (Å²) >= 11 is 0. The molecule has 1 aromatic rings. The quantitative estimate of drug-likeness (QED) is 0.845. The molecule has 0 aliphatic heterocycles. The van der Waals surface area contributed by atoms with Gasteiger partial charge in [0.05, 0.1) is 13.7 Å². The van der Waals surface area contributed by atoms with Gasteiger partial charge >= 0.3 is 0 Å². The molecule has 0 aliphatic rings. The first-order valence-electron chi connectivity index (χ1n) is 6.24. The number of carbonyl (C=O) groups is 1. The van der Waals surface area contributed by atoms with Gasteiger partial charge in [0, 0.05) is 11.6 Å². The Morgan fingerprint density at radius 2 is 2.06 bits per heavy atom. The molecule has 1 unspecified atom stereocenters. The number of hydrogen-bond donors (Lipinski definition) is 1. The van der Waals surface area contributed by atoms with Crippen molar-refractivity contribution in [2.75, 3.05) is 13.7 Å². The van der Waals surface area contributed by atoms with E-state index in [0.717, 1.165) is 6.42 Å². The molecule has 0 aromatic heterocycles. The summed E-state index contributed by atoms with van der Waals surface area (Å²) in [7, 11) is 1.56. The van der Waals surface area contributed by atoms with E-state index in [2.05, 4.69) is 5.32 Å². The summed E-state index contributed by atoms with van der Waals surface area (Å²) in [6.45, 7) is 6.48. The molecule has 4 nitrogen and oxygen atoms in total. The average Bonchev–Trinajstić information content (AvgIpc) is 2.39. The molecule has 1 amide bonds. The van der Waals surface area contributed by atoms with E-state index in [1.165, 1.54) is 0 Å². The van der Waals surface area contributed by atoms with Crippen LogP contribution in [0.2, 0.25) is 0 Å². The van der Waals surface area contributed by atoms with Gasteiger partial charge in [-0.3, -0.25) is 4.79 Å². The highest BCUT2D eigenvalue weighted by Gasteiger charge is 2.12. The van der Waals surface area contributed by atoms with Crippen molar-refractivity contribution in [2.45, 2.75) is 33.2 Å². The number of nitrogens with one attached hydrogen (secondary N) is 1. The van der Waals surface area contributed by atoms with Crippen LogP contribution >= 0.6 is 0 Å². The number of hydrogen-bond acceptors (Lipinski definition) is 3. The van der Waals surface area contributed by atoms with Crippen molar-refractivity contribution < 1.29 is 14.3 Å². The van der Waals surface area contributed by atoms with Crippen molar-refractivity contribution in [2.24, 2.45) is 0 Å². The van der Waals surface area contributed by atoms with Gasteiger partial charge in [-0.25, -0.2) is 0 Å². The van der Waals surface area contributed by atoms with Crippen molar-refractivity contribution >= 4 is 5.91 Å². The van der Waals surface area contributed by atoms with Gasteiger partial charge in [-0.05, 0) is 38.5 Å². The maximum atomic E-state index is 11.9. The van der Waals surface area contributed by atoms with Crippen LogP contribution < -0.4 is 14.8 Å². The van der Waals surface area contributed by atoms with E-state index in [1.54, 1.807) is 25.3 Å². The molecule has 0 fully saturated rings. The monoisotopic (exact) mass is 251 g/mol. The molecule has 1 aromatic carbocycles. The fourth-order valence-electron chi connectivity index (χ4n) is 1.49. The van der Waals surface area contributed by atoms with Crippen molar-refractivity contribution in [3.05, 3.63) is 23.8 Å². The number of carbonyl (C=O) groups excluding carboxylic acids is 1. The predicted molar refractivity (Wildman–Crippen MR) is 71.4 cm³/mol. The molecule has 0 spiro atoms. The largest absolute Gasteiger partial charge is 0.493 e. The van der Waals surface area contributed by atoms with Crippen LogP contribution in [-0.2, 0) is 0 Å². The Balaban J connectivity index is 2.87. The highest BCUT2D eigenvalue weighted by molar-refractivity contribution is 5.95. The zero-order valence-electron chi connectivity index (χ0n) is 11.4. The molecule has 100 valence electrons. The topological polar surface area (TPSA) is 47.6 Å². The SMILES string of the molecule is CCOc1ccc(C(=O)NC(C)CC)cc1OC. The lowest BCUT2D eigenvalue weighted by atomic mass is 10.1. The molecule has 1 rings (SSSR count). The lowest BCUT2D eigenvalue weighted by molar-refractivity contribution is 0.0939. The summed E-state index contributed by atoms with van der Waals surface area (Å²) in [6.07, 6.45) is 0.903. The van der Waals surface area contributed by atoms with Crippen LogP contribution in [0.25, 0.3) is 0 Å². The van der Waals surface area contributed by atoms with Gasteiger partial charge in [0.25, 0.3) is 5.91 Å². The molecule has 18 heavy (non-hydrogen) atoms. The first-order chi connectivity index (χ1) is 8.62. The summed E-state index contributed by atoms with van der Waals surface area (Å²) in [4.78, 5) is 11.9. The highest BCUT2D eigenvalue weighted by Crippen LogP contribution is 2.27. The lowest BCUT2D eigenvalue weighted by Crippen LogP contribution is -2.31. The normalized spacial score (nSPS) is 11.8. The van der Waals surface area contributed by atoms with Crippen molar-refractivity contribution in [3.8, 4) is 11.5 Å². The Morgan fingerprint density at radius 1 is 1.33 bits per heavy atom. The second kappa shape index (κ2) is 6.89. The van der Waals surface area contributed by atoms with Gasteiger partial charge in [-0.1, -0.05) is 6.92 Å². The predicted octanol–water partition coefficient (Wildman–Crippen LogP) is 2.62. The van der Waals surface area contributed by atoms with Gasteiger partial charge in [0.2, 0.25) is 0 Å². The Labute approximate surface area is 108 Å². The summed E-state index contributed by atoms with van der Waals surface area (Å²) in [5, 5.41) is 2.91. The maximum Gasteiger partial charge on any atom is 0.251 e. The minimum absolute atomic E-state index is 0.0919. The molecule has 4 heteroatoms. The number of methoxy groups -OCH3 is 1. The van der Waals surface area contributed by atoms with E-state index in [4.69, 9.17) is 9.47 Å². The van der Waals surface area contributed by atoms with E-state index in [1.807, 2.05) is 20.8 Å². The number of ether oxygens (including phenoxy) is 2. The minimum atomic E-state index is -0.0919. The Bertz CT molecular complexity index is 404. The first-order valence-corrected chi connectivity index (χ1v) is 6.24. The van der Waals surface area contributed by atoms with Crippen molar-refractivity contribution in [3.63, 3.8) is 0 Å². The third-order valence-corrected chi connectivity index (χ3v) is 2.72. The molecule has 0 aliphatic carbocycles. The molecule has 0 saturated carbocycles. The van der Waals surface area contributed by atoms with Crippen LogP contribution in [0.1, 0.15) is 37.6 Å². The van der Waals surface area contributed by atoms with Crippen LogP contribution in [-0.4, -0.2) is 25.7 Å². The Morgan fingerprint density at radius 3 is 2.61 bits per heavy atom. The van der Waals surface area contributed by atoms with E-state index >= 15 is 0 Å². The van der Waals surface area contributed by atoms with Crippen molar-refractivity contribution in [1.82, 2.24) is 5.32 Å². The van der Waals surface area contributed by atoms with Crippen molar-refractivity contribution in [1.29, 1.82) is 0 Å².